The van der Waals surface area contributed by atoms with Crippen LogP contribution in [0.2, 0.25) is 0 Å². The van der Waals surface area contributed by atoms with Gasteiger partial charge in [0.25, 0.3) is 0 Å². The number of aromatic nitrogens is 2. The van der Waals surface area contributed by atoms with Crippen LogP contribution in [0.1, 0.15) is 60.2 Å². The summed E-state index contributed by atoms with van der Waals surface area (Å²) in [4.78, 5) is 7.03. The summed E-state index contributed by atoms with van der Waals surface area (Å²) in [7, 11) is 1.61. The first-order chi connectivity index (χ1) is 18.6. The summed E-state index contributed by atoms with van der Waals surface area (Å²) in [6.45, 7) is 3.57. The van der Waals surface area contributed by atoms with Crippen molar-refractivity contribution in [1.82, 2.24) is 14.5 Å². The molecule has 2 fully saturated rings. The molecule has 0 bridgehead atoms. The number of hydrogen-bond acceptors (Lipinski definition) is 6. The molecule has 0 spiro atoms. The number of nitrogens with zero attached hydrogens (tertiary/aromatic N) is 4. The minimum atomic E-state index is -0.315. The summed E-state index contributed by atoms with van der Waals surface area (Å²) in [5.74, 6) is 3.61. The van der Waals surface area contributed by atoms with Gasteiger partial charge in [-0.1, -0.05) is 18.2 Å². The smallest absolute Gasteiger partial charge is 0.165 e. The van der Waals surface area contributed by atoms with Gasteiger partial charge in [0.05, 0.1) is 32.0 Å². The Hall–Kier alpha value is -3.57. The number of imidazole rings is 1. The highest BCUT2D eigenvalue weighted by Gasteiger charge is 2.43. The van der Waals surface area contributed by atoms with Crippen molar-refractivity contribution in [3.63, 3.8) is 0 Å². The average molecular weight is 517 g/mol. The third-order valence-electron chi connectivity index (χ3n) is 8.31. The predicted octanol–water partition coefficient (Wildman–Crippen LogP) is 5.41. The van der Waals surface area contributed by atoms with Crippen molar-refractivity contribution in [2.24, 2.45) is 5.41 Å². The first kappa shape index (κ1) is 24.7. The van der Waals surface area contributed by atoms with Crippen LogP contribution < -0.4 is 14.2 Å². The SMILES string of the molecule is COc1cc(C#N)ccc1[C@H]1COc2cccc(C3CCN(Cc4nccn4CC4(CF)CC4)CC3)c2O1. The molecule has 1 aromatic heterocycles. The van der Waals surface area contributed by atoms with E-state index >= 15 is 0 Å². The van der Waals surface area contributed by atoms with Crippen molar-refractivity contribution in [3.8, 4) is 23.3 Å². The predicted molar refractivity (Wildman–Crippen MR) is 140 cm³/mol. The molecule has 1 saturated heterocycles. The molecule has 2 aliphatic heterocycles. The Kier molecular flexibility index (Phi) is 6.71. The summed E-state index contributed by atoms with van der Waals surface area (Å²) < 4.78 is 33.9. The number of benzene rings is 2. The second kappa shape index (κ2) is 10.3. The molecule has 198 valence electrons. The molecule has 2 aromatic carbocycles. The monoisotopic (exact) mass is 516 g/mol. The summed E-state index contributed by atoms with van der Waals surface area (Å²) in [5, 5.41) is 9.25. The van der Waals surface area contributed by atoms with E-state index in [1.165, 1.54) is 5.56 Å². The molecule has 0 amide bonds. The molecule has 0 N–H and O–H groups in total. The van der Waals surface area contributed by atoms with Crippen LogP contribution >= 0.6 is 0 Å². The van der Waals surface area contributed by atoms with Crippen LogP contribution in [-0.2, 0) is 13.1 Å². The Morgan fingerprint density at radius 3 is 2.76 bits per heavy atom. The second-order valence-electron chi connectivity index (χ2n) is 10.8. The lowest BCUT2D eigenvalue weighted by Gasteiger charge is -2.35. The summed E-state index contributed by atoms with van der Waals surface area (Å²) in [6, 6.07) is 13.7. The van der Waals surface area contributed by atoms with Gasteiger partial charge in [-0.2, -0.15) is 5.26 Å². The first-order valence-corrected chi connectivity index (χ1v) is 13.4. The van der Waals surface area contributed by atoms with Crippen molar-refractivity contribution in [2.75, 3.05) is 33.5 Å². The standard InChI is InChI=1S/C30H33FN4O3/c1-36-26-15-21(16-32)5-6-24(26)27-18-37-25-4-2-3-23(29(25)38-27)22-7-12-34(13-8-22)17-28-33-11-14-35(28)20-30(19-31)9-10-30/h2-6,11,14-15,22,27H,7-10,12-13,17-20H2,1H3/t27-/m1/s1. The number of methoxy groups -OCH3 is 1. The van der Waals surface area contributed by atoms with Gasteiger partial charge in [-0.25, -0.2) is 4.98 Å². The van der Waals surface area contributed by atoms with Crippen LogP contribution in [0.5, 0.6) is 17.2 Å². The molecule has 0 unspecified atom stereocenters. The molecule has 8 heteroatoms. The molecule has 38 heavy (non-hydrogen) atoms. The number of para-hydroxylation sites is 1. The highest BCUT2D eigenvalue weighted by atomic mass is 19.1. The fraction of sp³-hybridized carbons (Fsp3) is 0.467. The summed E-state index contributed by atoms with van der Waals surface area (Å²) in [5.41, 5.74) is 2.45. The number of hydrogen-bond donors (Lipinski definition) is 0. The Morgan fingerprint density at radius 1 is 1.18 bits per heavy atom. The zero-order chi connectivity index (χ0) is 26.1. The van der Waals surface area contributed by atoms with E-state index < -0.39 is 0 Å². The summed E-state index contributed by atoms with van der Waals surface area (Å²) >= 11 is 0. The van der Waals surface area contributed by atoms with Gasteiger partial charge in [-0.15, -0.1) is 0 Å². The molecular weight excluding hydrogens is 483 g/mol. The second-order valence-corrected chi connectivity index (χ2v) is 10.8. The average Bonchev–Trinajstić information content (AvgIpc) is 3.62. The van der Waals surface area contributed by atoms with Crippen LogP contribution in [0, 0.1) is 16.7 Å². The number of likely N-dealkylation sites (tertiary alicyclic amines) is 1. The number of halogens is 1. The van der Waals surface area contributed by atoms with Crippen LogP contribution in [0.4, 0.5) is 4.39 Å². The van der Waals surface area contributed by atoms with Crippen molar-refractivity contribution in [3.05, 3.63) is 71.3 Å². The molecule has 0 radical (unpaired) electrons. The van der Waals surface area contributed by atoms with Crippen molar-refractivity contribution in [2.45, 2.75) is 50.8 Å². The number of alkyl halides is 1. The third kappa shape index (κ3) is 4.83. The molecule has 3 aliphatic rings. The Bertz CT molecular complexity index is 1340. The van der Waals surface area contributed by atoms with Gasteiger partial charge < -0.3 is 18.8 Å². The molecule has 1 saturated carbocycles. The molecule has 1 atom stereocenters. The van der Waals surface area contributed by atoms with Gasteiger partial charge in [0, 0.05) is 35.5 Å². The van der Waals surface area contributed by atoms with Crippen LogP contribution in [0.15, 0.2) is 48.8 Å². The lowest BCUT2D eigenvalue weighted by atomic mass is 9.88. The van der Waals surface area contributed by atoms with E-state index in [2.05, 4.69) is 26.6 Å². The van der Waals surface area contributed by atoms with Crippen LogP contribution in [-0.4, -0.2) is 47.9 Å². The minimum Gasteiger partial charge on any atom is -0.496 e. The van der Waals surface area contributed by atoms with E-state index in [4.69, 9.17) is 14.2 Å². The third-order valence-corrected chi connectivity index (χ3v) is 8.31. The van der Waals surface area contributed by atoms with Gasteiger partial charge in [-0.3, -0.25) is 9.29 Å². The Morgan fingerprint density at radius 2 is 2.03 bits per heavy atom. The molecular formula is C30H33FN4O3. The van der Waals surface area contributed by atoms with E-state index in [0.717, 1.165) is 74.7 Å². The van der Waals surface area contributed by atoms with E-state index in [-0.39, 0.29) is 18.2 Å². The minimum absolute atomic E-state index is 0.156. The van der Waals surface area contributed by atoms with E-state index in [0.29, 0.717) is 23.8 Å². The van der Waals surface area contributed by atoms with Gasteiger partial charge >= 0.3 is 0 Å². The quantitative estimate of drug-likeness (QED) is 0.399. The Labute approximate surface area is 222 Å². The molecule has 7 nitrogen and oxygen atoms in total. The number of piperidine rings is 1. The fourth-order valence-electron chi connectivity index (χ4n) is 5.75. The van der Waals surface area contributed by atoms with Gasteiger partial charge in [0.2, 0.25) is 0 Å². The number of nitriles is 1. The number of fused-ring (bicyclic) bond motifs is 1. The van der Waals surface area contributed by atoms with Crippen molar-refractivity contribution >= 4 is 0 Å². The molecule has 6 rings (SSSR count). The van der Waals surface area contributed by atoms with E-state index in [1.807, 2.05) is 30.6 Å². The maximum Gasteiger partial charge on any atom is 0.165 e. The van der Waals surface area contributed by atoms with Gasteiger partial charge in [-0.05, 0) is 62.9 Å². The zero-order valence-corrected chi connectivity index (χ0v) is 21.7. The van der Waals surface area contributed by atoms with Gasteiger partial charge in [0.15, 0.2) is 17.6 Å². The van der Waals surface area contributed by atoms with Crippen molar-refractivity contribution < 1.29 is 18.6 Å². The van der Waals surface area contributed by atoms with Gasteiger partial charge in [0.1, 0.15) is 18.2 Å². The van der Waals surface area contributed by atoms with E-state index in [9.17, 15) is 9.65 Å². The Balaban J connectivity index is 1.13. The highest BCUT2D eigenvalue weighted by Crippen LogP contribution is 2.48. The number of rotatable bonds is 8. The molecule has 1 aliphatic carbocycles. The lowest BCUT2D eigenvalue weighted by Crippen LogP contribution is -2.34. The largest absolute Gasteiger partial charge is 0.496 e. The number of ether oxygens (including phenoxy) is 3. The maximum absolute atomic E-state index is 13.4. The van der Waals surface area contributed by atoms with E-state index in [1.54, 1.807) is 19.2 Å². The molecule has 3 heterocycles. The fourth-order valence-corrected chi connectivity index (χ4v) is 5.75. The normalized spacial score (nSPS) is 20.6. The van der Waals surface area contributed by atoms with Crippen LogP contribution in [0.25, 0.3) is 0 Å². The van der Waals surface area contributed by atoms with Crippen LogP contribution in [0.3, 0.4) is 0 Å². The molecule has 3 aromatic rings. The highest BCUT2D eigenvalue weighted by molar-refractivity contribution is 5.51. The maximum atomic E-state index is 13.4. The topological polar surface area (TPSA) is 72.5 Å². The first-order valence-electron chi connectivity index (χ1n) is 13.4. The lowest BCUT2D eigenvalue weighted by molar-refractivity contribution is 0.0863. The summed E-state index contributed by atoms with van der Waals surface area (Å²) in [6.07, 6.45) is 7.48. The van der Waals surface area contributed by atoms with Crippen molar-refractivity contribution in [1.29, 1.82) is 5.26 Å². The zero-order valence-electron chi connectivity index (χ0n) is 21.7.